The molecule has 2 aromatic heterocycles. The number of pyridine rings is 1. The van der Waals surface area contributed by atoms with E-state index in [2.05, 4.69) is 139 Å². The van der Waals surface area contributed by atoms with Crippen LogP contribution >= 0.6 is 0 Å². The molecule has 0 aliphatic heterocycles. The number of fused-ring (bicyclic) bond motifs is 1. The maximum Gasteiger partial charge on any atom is 0.124 e. The molecule has 0 bridgehead atoms. The predicted octanol–water partition coefficient (Wildman–Crippen LogP) is 13.1. The second kappa shape index (κ2) is 15.7. The zero-order chi connectivity index (χ0) is 36.7. The van der Waals surface area contributed by atoms with Gasteiger partial charge in [-0.15, -0.1) is 24.3 Å². The van der Waals surface area contributed by atoms with Crippen molar-refractivity contribution in [2.45, 2.75) is 79.1 Å². The smallest absolute Gasteiger partial charge is 0.124 e. The molecule has 7 rings (SSSR count). The van der Waals surface area contributed by atoms with Gasteiger partial charge in [-0.2, -0.15) is 0 Å². The molecule has 1 N–H and O–H groups in total. The van der Waals surface area contributed by atoms with Crippen LogP contribution in [0, 0.1) is 6.07 Å². The van der Waals surface area contributed by atoms with Crippen molar-refractivity contribution in [2.24, 2.45) is 0 Å². The van der Waals surface area contributed by atoms with Gasteiger partial charge < -0.3 is 9.67 Å². The molecule has 0 radical (unpaired) electrons. The Hall–Kier alpha value is -4.79. The van der Waals surface area contributed by atoms with Gasteiger partial charge in [-0.25, -0.2) is 0 Å². The number of aromatic nitrogens is 3. The van der Waals surface area contributed by atoms with Crippen LogP contribution in [0.5, 0.6) is 5.75 Å². The van der Waals surface area contributed by atoms with E-state index in [1.807, 2.05) is 36.4 Å². The van der Waals surface area contributed by atoms with Crippen LogP contribution < -0.4 is 0 Å². The van der Waals surface area contributed by atoms with Gasteiger partial charge in [0, 0.05) is 38.0 Å². The summed E-state index contributed by atoms with van der Waals surface area (Å²) in [5, 5.41) is 11.1. The summed E-state index contributed by atoms with van der Waals surface area (Å²) in [4.78, 5) is 10.3. The summed E-state index contributed by atoms with van der Waals surface area (Å²) in [6, 6.07) is 43.8. The normalized spacial score (nSPS) is 11.6. The number of phenolic OH excluding ortho intramolecular Hbond substituents is 1. The fourth-order valence-electron chi connectivity index (χ4n) is 6.84. The molecule has 5 aromatic carbocycles. The van der Waals surface area contributed by atoms with Gasteiger partial charge in [0.1, 0.15) is 5.75 Å². The molecule has 0 fully saturated rings. The second-order valence-corrected chi connectivity index (χ2v) is 15.2. The van der Waals surface area contributed by atoms with Gasteiger partial charge >= 0.3 is 0 Å². The predicted molar refractivity (Wildman–Crippen MR) is 217 cm³/mol. The topological polar surface area (TPSA) is 50.9 Å². The van der Waals surface area contributed by atoms with Crippen molar-refractivity contribution < 1.29 is 26.2 Å². The van der Waals surface area contributed by atoms with Gasteiger partial charge in [-0.1, -0.05) is 121 Å². The Morgan fingerprint density at radius 3 is 1.74 bits per heavy atom. The van der Waals surface area contributed by atoms with Crippen molar-refractivity contribution in [3.05, 3.63) is 144 Å². The SMILES string of the molecule is CC(C)c1cc(-c2ccc(O)c(-c3cccc(-c4[c-]c(-c5nc6ccccc6n5-c5cc(C(C)C)cc(C(C)C)c5)ccc4)n3)c2)cc(C(C)C)c1.[Pt]. The average molecular weight is 878 g/mol. The minimum absolute atomic E-state index is 0. The largest absolute Gasteiger partial charge is 0.507 e. The zero-order valence-electron chi connectivity index (χ0n) is 31.9. The van der Waals surface area contributed by atoms with E-state index in [-0.39, 0.29) is 26.8 Å². The van der Waals surface area contributed by atoms with E-state index in [9.17, 15) is 5.11 Å². The molecule has 0 saturated heterocycles. The first-order valence-electron chi connectivity index (χ1n) is 18.6. The summed E-state index contributed by atoms with van der Waals surface area (Å²) in [7, 11) is 0. The molecule has 0 spiro atoms. The standard InChI is InChI=1S/C48H48N3O.Pt/c1-29(2)36-22-37(30(3)4)25-40(24-36)33-19-20-47(52)42(28-33)44-17-12-16-43(49-44)34-13-11-14-35(21-34)48-50-45-15-9-10-18-46(45)51(48)41-26-38(31(5)6)23-39(27-41)32(7)8;/h9-20,22-32,52H,1-8H3;/q-1;. The van der Waals surface area contributed by atoms with E-state index >= 15 is 0 Å². The Morgan fingerprint density at radius 2 is 1.09 bits per heavy atom. The third kappa shape index (κ3) is 7.80. The van der Waals surface area contributed by atoms with E-state index in [4.69, 9.17) is 9.97 Å². The maximum absolute atomic E-state index is 11.1. The summed E-state index contributed by atoms with van der Waals surface area (Å²) in [6.45, 7) is 17.9. The molecular formula is C48H48N3OPt-. The minimum Gasteiger partial charge on any atom is -0.507 e. The fourth-order valence-corrected chi connectivity index (χ4v) is 6.84. The summed E-state index contributed by atoms with van der Waals surface area (Å²) >= 11 is 0. The molecule has 5 heteroatoms. The van der Waals surface area contributed by atoms with Crippen molar-refractivity contribution >= 4 is 11.0 Å². The fraction of sp³-hybridized carbons (Fsp3) is 0.250. The van der Waals surface area contributed by atoms with Gasteiger partial charge in [-0.05, 0) is 99.5 Å². The third-order valence-electron chi connectivity index (χ3n) is 10.1. The van der Waals surface area contributed by atoms with Crippen LogP contribution in [0.3, 0.4) is 0 Å². The monoisotopic (exact) mass is 877 g/mol. The molecule has 0 atom stereocenters. The summed E-state index contributed by atoms with van der Waals surface area (Å²) in [5.74, 6) is 2.66. The third-order valence-corrected chi connectivity index (χ3v) is 10.1. The van der Waals surface area contributed by atoms with Crippen LogP contribution in [-0.4, -0.2) is 19.6 Å². The number of para-hydroxylation sites is 2. The first-order valence-corrected chi connectivity index (χ1v) is 18.6. The Balaban J connectivity index is 0.00000481. The quantitative estimate of drug-likeness (QED) is 0.147. The first-order chi connectivity index (χ1) is 25.0. The Bertz CT molecular complexity index is 2350. The Labute approximate surface area is 329 Å². The minimum atomic E-state index is 0. The number of rotatable bonds is 9. The van der Waals surface area contributed by atoms with E-state index in [1.54, 1.807) is 6.07 Å². The number of hydrogen-bond donors (Lipinski definition) is 1. The van der Waals surface area contributed by atoms with Crippen LogP contribution in [0.2, 0.25) is 0 Å². The maximum atomic E-state index is 11.1. The molecule has 2 heterocycles. The van der Waals surface area contributed by atoms with Gasteiger partial charge in [0.25, 0.3) is 0 Å². The van der Waals surface area contributed by atoms with E-state index in [1.165, 1.54) is 22.3 Å². The van der Waals surface area contributed by atoms with Gasteiger partial charge in [0.05, 0.1) is 22.6 Å². The molecule has 53 heavy (non-hydrogen) atoms. The Kier molecular flexibility index (Phi) is 11.2. The Morgan fingerprint density at radius 1 is 0.528 bits per heavy atom. The van der Waals surface area contributed by atoms with E-state index in [0.29, 0.717) is 34.9 Å². The number of hydrogen-bond acceptors (Lipinski definition) is 3. The molecule has 0 aliphatic carbocycles. The van der Waals surface area contributed by atoms with Crippen molar-refractivity contribution in [3.8, 4) is 56.5 Å². The summed E-state index contributed by atoms with van der Waals surface area (Å²) in [5.41, 5.74) is 14.5. The van der Waals surface area contributed by atoms with Crippen molar-refractivity contribution in [1.82, 2.24) is 14.5 Å². The molecule has 0 aliphatic rings. The molecule has 0 unspecified atom stereocenters. The number of benzene rings is 5. The van der Waals surface area contributed by atoms with Crippen LogP contribution in [0.15, 0.2) is 115 Å². The average Bonchev–Trinajstić information content (AvgIpc) is 3.54. The molecule has 0 saturated carbocycles. The van der Waals surface area contributed by atoms with Gasteiger partial charge in [-0.3, -0.25) is 9.97 Å². The number of phenols is 1. The number of nitrogens with zero attached hydrogens (tertiary/aromatic N) is 3. The van der Waals surface area contributed by atoms with Crippen LogP contribution in [0.1, 0.15) is 101 Å². The van der Waals surface area contributed by atoms with E-state index < -0.39 is 0 Å². The van der Waals surface area contributed by atoms with Gasteiger partial charge in [0.2, 0.25) is 0 Å². The molecule has 4 nitrogen and oxygen atoms in total. The first kappa shape index (κ1) is 37.9. The van der Waals surface area contributed by atoms with Crippen molar-refractivity contribution in [3.63, 3.8) is 0 Å². The number of imidazole rings is 1. The number of aromatic hydroxyl groups is 1. The zero-order valence-corrected chi connectivity index (χ0v) is 34.2. The van der Waals surface area contributed by atoms with Crippen molar-refractivity contribution in [1.29, 1.82) is 0 Å². The molecule has 7 aromatic rings. The van der Waals surface area contributed by atoms with Crippen LogP contribution in [-0.2, 0) is 21.1 Å². The van der Waals surface area contributed by atoms with E-state index in [0.717, 1.165) is 50.5 Å². The van der Waals surface area contributed by atoms with Gasteiger partial charge in [0.15, 0.2) is 0 Å². The summed E-state index contributed by atoms with van der Waals surface area (Å²) < 4.78 is 2.27. The second-order valence-electron chi connectivity index (χ2n) is 15.2. The summed E-state index contributed by atoms with van der Waals surface area (Å²) in [6.07, 6.45) is 0. The molecule has 0 amide bonds. The molecule has 272 valence electrons. The molecular weight excluding hydrogens is 830 g/mol. The van der Waals surface area contributed by atoms with Crippen LogP contribution in [0.4, 0.5) is 0 Å². The van der Waals surface area contributed by atoms with Crippen molar-refractivity contribution in [2.75, 3.05) is 0 Å². The van der Waals surface area contributed by atoms with Crippen LogP contribution in [0.25, 0.3) is 61.8 Å².